The fourth-order valence-electron chi connectivity index (χ4n) is 4.13. The van der Waals surface area contributed by atoms with E-state index in [-0.39, 0.29) is 12.4 Å². The Morgan fingerprint density at radius 1 is 1.00 bits per heavy atom. The van der Waals surface area contributed by atoms with Gasteiger partial charge in [0.1, 0.15) is 6.04 Å². The lowest BCUT2D eigenvalue weighted by Gasteiger charge is -2.38. The van der Waals surface area contributed by atoms with E-state index in [1.54, 1.807) is 11.8 Å². The van der Waals surface area contributed by atoms with Gasteiger partial charge < -0.3 is 4.74 Å². The normalized spacial score (nSPS) is 17.6. The van der Waals surface area contributed by atoms with Crippen LogP contribution in [0.15, 0.2) is 0 Å². The van der Waals surface area contributed by atoms with Gasteiger partial charge in [0.15, 0.2) is 0 Å². The molecule has 1 aliphatic rings. The molecule has 0 spiro atoms. The fourth-order valence-corrected chi connectivity index (χ4v) is 4.13. The van der Waals surface area contributed by atoms with Crippen molar-refractivity contribution in [2.45, 2.75) is 110 Å². The number of likely N-dealkylation sites (tertiary alicyclic amines) is 1. The Kier molecular flexibility index (Phi) is 12.8. The number of piperidine rings is 1. The van der Waals surface area contributed by atoms with Crippen molar-refractivity contribution in [3.05, 3.63) is 0 Å². The molecular weight excluding hydrogens is 367 g/mol. The number of nitrogens with zero attached hydrogens (tertiary/aromatic N) is 1. The molecule has 1 heterocycles. The van der Waals surface area contributed by atoms with E-state index in [9.17, 15) is 18.0 Å². The molecule has 0 bridgehead atoms. The Morgan fingerprint density at radius 3 is 2.11 bits per heavy atom. The highest BCUT2D eigenvalue weighted by Crippen LogP contribution is 2.33. The van der Waals surface area contributed by atoms with E-state index in [2.05, 4.69) is 6.92 Å². The van der Waals surface area contributed by atoms with E-state index in [0.29, 0.717) is 38.5 Å². The van der Waals surface area contributed by atoms with Crippen LogP contribution in [0.25, 0.3) is 0 Å². The van der Waals surface area contributed by atoms with Crippen molar-refractivity contribution in [2.75, 3.05) is 19.7 Å². The number of ether oxygens (including phenoxy) is 1. The van der Waals surface area contributed by atoms with Gasteiger partial charge in [-0.3, -0.25) is 9.69 Å². The molecule has 0 aromatic rings. The van der Waals surface area contributed by atoms with Crippen LogP contribution < -0.4 is 0 Å². The smallest absolute Gasteiger partial charge is 0.404 e. The summed E-state index contributed by atoms with van der Waals surface area (Å²) in [4.78, 5) is 13.1. The average molecular weight is 408 g/mol. The molecule has 1 atom stereocenters. The van der Waals surface area contributed by atoms with Crippen LogP contribution in [0.4, 0.5) is 13.2 Å². The van der Waals surface area contributed by atoms with Crippen LogP contribution in [0.2, 0.25) is 0 Å². The van der Waals surface area contributed by atoms with E-state index in [0.717, 1.165) is 38.5 Å². The minimum atomic E-state index is -4.15. The first-order valence-electron chi connectivity index (χ1n) is 11.3. The molecule has 0 amide bonds. The average Bonchev–Trinajstić information content (AvgIpc) is 2.65. The van der Waals surface area contributed by atoms with Gasteiger partial charge in [-0.1, -0.05) is 58.3 Å². The highest BCUT2D eigenvalue weighted by molar-refractivity contribution is 5.69. The van der Waals surface area contributed by atoms with Crippen molar-refractivity contribution in [3.63, 3.8) is 0 Å². The summed E-state index contributed by atoms with van der Waals surface area (Å²) in [7, 11) is 0. The summed E-state index contributed by atoms with van der Waals surface area (Å²) in [5.41, 5.74) is 0. The topological polar surface area (TPSA) is 29.5 Å². The van der Waals surface area contributed by atoms with Crippen molar-refractivity contribution >= 4 is 5.97 Å². The van der Waals surface area contributed by atoms with Gasteiger partial charge in [-0.2, -0.15) is 13.2 Å². The lowest BCUT2D eigenvalue weighted by atomic mass is 9.90. The number of rotatable bonds is 14. The molecular formula is C22H40F3NO2. The molecule has 0 N–H and O–H groups in total. The number of carbonyl (C=O) groups excluding carboxylic acids is 1. The van der Waals surface area contributed by atoms with Crippen LogP contribution in [-0.4, -0.2) is 42.8 Å². The van der Waals surface area contributed by atoms with Gasteiger partial charge in [0, 0.05) is 6.42 Å². The molecule has 1 aliphatic heterocycles. The van der Waals surface area contributed by atoms with Crippen LogP contribution >= 0.6 is 0 Å². The minimum Gasteiger partial charge on any atom is -0.466 e. The van der Waals surface area contributed by atoms with Gasteiger partial charge >= 0.3 is 12.1 Å². The zero-order valence-corrected chi connectivity index (χ0v) is 17.9. The second kappa shape index (κ2) is 14.2. The minimum absolute atomic E-state index is 0.201. The van der Waals surface area contributed by atoms with E-state index < -0.39 is 12.2 Å². The third-order valence-corrected chi connectivity index (χ3v) is 5.86. The lowest BCUT2D eigenvalue weighted by molar-refractivity contribution is -0.189. The largest absolute Gasteiger partial charge is 0.466 e. The van der Waals surface area contributed by atoms with Crippen molar-refractivity contribution in [1.82, 2.24) is 4.90 Å². The molecule has 1 unspecified atom stereocenters. The van der Waals surface area contributed by atoms with Crippen molar-refractivity contribution in [1.29, 1.82) is 0 Å². The number of unbranched alkanes of at least 4 members (excludes halogenated alkanes) is 7. The van der Waals surface area contributed by atoms with Crippen LogP contribution in [0.3, 0.4) is 0 Å². The quantitative estimate of drug-likeness (QED) is 0.243. The number of halogens is 3. The summed E-state index contributed by atoms with van der Waals surface area (Å²) < 4.78 is 45.6. The maximum atomic E-state index is 13.6. The molecule has 0 aromatic heterocycles. The number of hydrogen-bond donors (Lipinski definition) is 0. The monoisotopic (exact) mass is 407 g/mol. The Morgan fingerprint density at radius 2 is 1.57 bits per heavy atom. The molecule has 0 saturated carbocycles. The molecule has 6 heteroatoms. The predicted octanol–water partition coefficient (Wildman–Crippen LogP) is 6.50. The Hall–Kier alpha value is -0.780. The zero-order valence-electron chi connectivity index (χ0n) is 17.9. The van der Waals surface area contributed by atoms with Gasteiger partial charge in [-0.15, -0.1) is 0 Å². The summed E-state index contributed by atoms with van der Waals surface area (Å²) in [5, 5.41) is 0. The molecule has 3 nitrogen and oxygen atoms in total. The Labute approximate surface area is 169 Å². The maximum Gasteiger partial charge on any atom is 0.404 e. The molecule has 1 fully saturated rings. The summed E-state index contributed by atoms with van der Waals surface area (Å²) in [5.74, 6) is 0.130. The van der Waals surface area contributed by atoms with Gasteiger partial charge in [-0.05, 0) is 51.6 Å². The lowest BCUT2D eigenvalue weighted by Crippen LogP contribution is -2.49. The zero-order chi connectivity index (χ0) is 20.8. The first-order chi connectivity index (χ1) is 13.4. The third kappa shape index (κ3) is 10.7. The number of hydrogen-bond acceptors (Lipinski definition) is 3. The highest BCUT2D eigenvalue weighted by Gasteiger charge is 2.43. The van der Waals surface area contributed by atoms with Crippen molar-refractivity contribution in [3.8, 4) is 0 Å². The van der Waals surface area contributed by atoms with Crippen LogP contribution in [-0.2, 0) is 9.53 Å². The van der Waals surface area contributed by atoms with E-state index in [1.165, 1.54) is 25.7 Å². The second-order valence-corrected chi connectivity index (χ2v) is 8.14. The summed E-state index contributed by atoms with van der Waals surface area (Å²) in [6.45, 7) is 5.30. The van der Waals surface area contributed by atoms with Crippen molar-refractivity contribution < 1.29 is 22.7 Å². The third-order valence-electron chi connectivity index (χ3n) is 5.86. The SMILES string of the molecule is CCCCCCCCCCC(N1CCC(CCC(=O)OCC)CC1)C(F)(F)F. The molecule has 28 heavy (non-hydrogen) atoms. The molecule has 0 aromatic carbocycles. The van der Waals surface area contributed by atoms with Gasteiger partial charge in [0.2, 0.25) is 0 Å². The number of esters is 1. The fraction of sp³-hybridized carbons (Fsp3) is 0.955. The van der Waals surface area contributed by atoms with Crippen LogP contribution in [0, 0.1) is 5.92 Å². The van der Waals surface area contributed by atoms with E-state index >= 15 is 0 Å². The predicted molar refractivity (Wildman–Crippen MR) is 107 cm³/mol. The van der Waals surface area contributed by atoms with Gasteiger partial charge in [0.05, 0.1) is 6.61 Å². The molecule has 1 saturated heterocycles. The standard InChI is InChI=1S/C22H40F3NO2/c1-3-5-6-7-8-9-10-11-12-20(22(23,24)25)26-17-15-19(16-18-26)13-14-21(27)28-4-2/h19-20H,3-18H2,1-2H3. The summed E-state index contributed by atoms with van der Waals surface area (Å²) in [6, 6.07) is -1.31. The summed E-state index contributed by atoms with van der Waals surface area (Å²) >= 11 is 0. The van der Waals surface area contributed by atoms with E-state index in [1.807, 2.05) is 0 Å². The Bertz CT molecular complexity index is 407. The number of alkyl halides is 3. The molecule has 0 radical (unpaired) electrons. The summed E-state index contributed by atoms with van der Waals surface area (Å²) in [6.07, 6.45) is 7.29. The molecule has 166 valence electrons. The number of carbonyl (C=O) groups is 1. The van der Waals surface area contributed by atoms with E-state index in [4.69, 9.17) is 4.74 Å². The second-order valence-electron chi connectivity index (χ2n) is 8.14. The highest BCUT2D eigenvalue weighted by atomic mass is 19.4. The molecule has 1 rings (SSSR count). The van der Waals surface area contributed by atoms with Gasteiger partial charge in [-0.25, -0.2) is 0 Å². The first kappa shape index (κ1) is 25.3. The Balaban J connectivity index is 2.29. The van der Waals surface area contributed by atoms with Crippen LogP contribution in [0.1, 0.15) is 97.3 Å². The first-order valence-corrected chi connectivity index (χ1v) is 11.3. The van der Waals surface area contributed by atoms with Gasteiger partial charge in [0.25, 0.3) is 0 Å². The molecule has 0 aliphatic carbocycles. The maximum absolute atomic E-state index is 13.6. The van der Waals surface area contributed by atoms with Crippen LogP contribution in [0.5, 0.6) is 0 Å². The van der Waals surface area contributed by atoms with Crippen molar-refractivity contribution in [2.24, 2.45) is 5.92 Å².